The Morgan fingerprint density at radius 2 is 1.86 bits per heavy atom. The first-order valence-electron chi connectivity index (χ1n) is 6.88. The zero-order valence-corrected chi connectivity index (χ0v) is 13.0. The molecule has 0 spiro atoms. The van der Waals surface area contributed by atoms with Crippen LogP contribution < -0.4 is 5.32 Å². The second kappa shape index (κ2) is 5.63. The topological polar surface area (TPSA) is 84.2 Å². The molecule has 1 aromatic carbocycles. The van der Waals surface area contributed by atoms with Gasteiger partial charge < -0.3 is 10.4 Å². The minimum atomic E-state index is -1.18. The lowest BCUT2D eigenvalue weighted by Crippen LogP contribution is -2.20. The fourth-order valence-corrected chi connectivity index (χ4v) is 2.24. The monoisotopic (exact) mass is 301 g/mol. The van der Waals surface area contributed by atoms with Crippen molar-refractivity contribution < 1.29 is 14.7 Å². The van der Waals surface area contributed by atoms with Crippen LogP contribution in [0.5, 0.6) is 0 Å². The van der Waals surface area contributed by atoms with E-state index in [4.69, 9.17) is 5.11 Å². The minimum Gasteiger partial charge on any atom is -0.478 e. The Kier molecular flexibility index (Phi) is 4.03. The van der Waals surface area contributed by atoms with Crippen LogP contribution in [0.25, 0.3) is 0 Å². The number of carboxylic acids is 1. The van der Waals surface area contributed by atoms with Crippen LogP contribution >= 0.6 is 0 Å². The maximum atomic E-state index is 12.4. The predicted molar refractivity (Wildman–Crippen MR) is 83.3 cm³/mol. The molecule has 2 aromatic rings. The van der Waals surface area contributed by atoms with Crippen LogP contribution in [0.1, 0.15) is 47.2 Å². The standard InChI is InChI=1S/C16H19N3O3/c1-16(2,3)11-7-5-6-8-12(11)17-14(20)13-10(15(21)22)9-19(4)18-13/h5-9H,1-4H3,(H,17,20)(H,21,22). The summed E-state index contributed by atoms with van der Waals surface area (Å²) in [6, 6.07) is 7.45. The van der Waals surface area contributed by atoms with E-state index in [0.29, 0.717) is 5.69 Å². The highest BCUT2D eigenvalue weighted by Gasteiger charge is 2.23. The van der Waals surface area contributed by atoms with Gasteiger partial charge in [0.25, 0.3) is 5.91 Å². The zero-order valence-electron chi connectivity index (χ0n) is 13.0. The van der Waals surface area contributed by atoms with Gasteiger partial charge in [0, 0.05) is 18.9 Å². The Bertz CT molecular complexity index is 726. The molecule has 1 aromatic heterocycles. The van der Waals surface area contributed by atoms with Crippen molar-refractivity contribution in [2.24, 2.45) is 7.05 Å². The number of rotatable bonds is 3. The molecule has 0 aliphatic heterocycles. The molecule has 6 nitrogen and oxygen atoms in total. The van der Waals surface area contributed by atoms with Crippen molar-refractivity contribution in [3.63, 3.8) is 0 Å². The molecule has 1 amide bonds. The van der Waals surface area contributed by atoms with E-state index < -0.39 is 11.9 Å². The number of anilines is 1. The molecule has 22 heavy (non-hydrogen) atoms. The lowest BCUT2D eigenvalue weighted by Gasteiger charge is -2.22. The van der Waals surface area contributed by atoms with Gasteiger partial charge in [0.15, 0.2) is 5.69 Å². The van der Waals surface area contributed by atoms with Crippen molar-refractivity contribution in [3.05, 3.63) is 47.3 Å². The normalized spacial score (nSPS) is 11.3. The maximum Gasteiger partial charge on any atom is 0.339 e. The number of nitrogens with one attached hydrogen (secondary N) is 1. The van der Waals surface area contributed by atoms with Gasteiger partial charge in [-0.1, -0.05) is 39.0 Å². The summed E-state index contributed by atoms with van der Waals surface area (Å²) in [6.45, 7) is 6.13. The summed E-state index contributed by atoms with van der Waals surface area (Å²) < 4.78 is 1.31. The van der Waals surface area contributed by atoms with Crippen LogP contribution in [0.4, 0.5) is 5.69 Å². The van der Waals surface area contributed by atoms with E-state index in [2.05, 4.69) is 10.4 Å². The number of nitrogens with zero attached hydrogens (tertiary/aromatic N) is 2. The lowest BCUT2D eigenvalue weighted by molar-refractivity contribution is 0.0692. The molecular formula is C16H19N3O3. The Morgan fingerprint density at radius 1 is 1.23 bits per heavy atom. The van der Waals surface area contributed by atoms with Crippen molar-refractivity contribution in [3.8, 4) is 0 Å². The first-order valence-corrected chi connectivity index (χ1v) is 6.88. The summed E-state index contributed by atoms with van der Waals surface area (Å²) in [4.78, 5) is 23.6. The molecule has 116 valence electrons. The molecule has 6 heteroatoms. The van der Waals surface area contributed by atoms with Crippen LogP contribution in [0.3, 0.4) is 0 Å². The highest BCUT2D eigenvalue weighted by molar-refractivity contribution is 6.09. The lowest BCUT2D eigenvalue weighted by atomic mass is 9.86. The fourth-order valence-electron chi connectivity index (χ4n) is 2.24. The number of aromatic nitrogens is 2. The number of carbonyl (C=O) groups is 2. The second-order valence-corrected chi connectivity index (χ2v) is 6.12. The average Bonchev–Trinajstić information content (AvgIpc) is 2.80. The van der Waals surface area contributed by atoms with Gasteiger partial charge in [-0.05, 0) is 17.0 Å². The van der Waals surface area contributed by atoms with E-state index >= 15 is 0 Å². The average molecular weight is 301 g/mol. The number of carboxylic acid groups (broad SMARTS) is 1. The molecule has 0 aliphatic carbocycles. The molecule has 2 rings (SSSR count). The van der Waals surface area contributed by atoms with Crippen molar-refractivity contribution in [1.82, 2.24) is 9.78 Å². The number of aryl methyl sites for hydroxylation is 1. The van der Waals surface area contributed by atoms with Gasteiger partial charge in [-0.15, -0.1) is 0 Å². The molecular weight excluding hydrogens is 282 g/mol. The van der Waals surface area contributed by atoms with Crippen LogP contribution in [-0.2, 0) is 12.5 Å². The van der Waals surface area contributed by atoms with Crippen molar-refractivity contribution in [2.75, 3.05) is 5.32 Å². The number of amides is 1. The molecule has 0 saturated heterocycles. The highest BCUT2D eigenvalue weighted by atomic mass is 16.4. The van der Waals surface area contributed by atoms with E-state index in [1.54, 1.807) is 13.1 Å². The molecule has 0 radical (unpaired) electrons. The summed E-state index contributed by atoms with van der Waals surface area (Å²) in [5.74, 6) is -1.71. The number of aromatic carboxylic acids is 1. The third-order valence-electron chi connectivity index (χ3n) is 3.26. The first kappa shape index (κ1) is 15.8. The minimum absolute atomic E-state index is 0.0984. The number of carbonyl (C=O) groups excluding carboxylic acids is 1. The molecule has 0 bridgehead atoms. The van der Waals surface area contributed by atoms with Gasteiger partial charge in [0.05, 0.1) is 0 Å². The number of hydrogen-bond donors (Lipinski definition) is 2. The Balaban J connectivity index is 2.37. The smallest absolute Gasteiger partial charge is 0.339 e. The third-order valence-corrected chi connectivity index (χ3v) is 3.26. The molecule has 0 aliphatic rings. The van der Waals surface area contributed by atoms with E-state index in [1.807, 2.05) is 39.0 Å². The van der Waals surface area contributed by atoms with Crippen LogP contribution in [-0.4, -0.2) is 26.8 Å². The quantitative estimate of drug-likeness (QED) is 0.913. The van der Waals surface area contributed by atoms with E-state index in [-0.39, 0.29) is 16.7 Å². The number of para-hydroxylation sites is 1. The molecule has 0 atom stereocenters. The summed E-state index contributed by atoms with van der Waals surface area (Å²) in [6.07, 6.45) is 1.31. The summed E-state index contributed by atoms with van der Waals surface area (Å²) in [5.41, 5.74) is 1.26. The largest absolute Gasteiger partial charge is 0.478 e. The Hall–Kier alpha value is -2.63. The van der Waals surface area contributed by atoms with Crippen LogP contribution in [0.15, 0.2) is 30.5 Å². The van der Waals surface area contributed by atoms with Gasteiger partial charge >= 0.3 is 5.97 Å². The van der Waals surface area contributed by atoms with Gasteiger partial charge in [-0.2, -0.15) is 5.10 Å². The van der Waals surface area contributed by atoms with Crippen molar-refractivity contribution in [1.29, 1.82) is 0 Å². The van der Waals surface area contributed by atoms with Crippen LogP contribution in [0, 0.1) is 0 Å². The van der Waals surface area contributed by atoms with Crippen molar-refractivity contribution >= 4 is 17.6 Å². The summed E-state index contributed by atoms with van der Waals surface area (Å²) in [7, 11) is 1.58. The Morgan fingerprint density at radius 3 is 2.45 bits per heavy atom. The number of hydrogen-bond acceptors (Lipinski definition) is 3. The maximum absolute atomic E-state index is 12.4. The van der Waals surface area contributed by atoms with E-state index in [1.165, 1.54) is 10.9 Å². The van der Waals surface area contributed by atoms with E-state index in [0.717, 1.165) is 5.56 Å². The summed E-state index contributed by atoms with van der Waals surface area (Å²) in [5, 5.41) is 15.9. The first-order chi connectivity index (χ1) is 10.2. The molecule has 2 N–H and O–H groups in total. The van der Waals surface area contributed by atoms with Gasteiger partial charge in [0.2, 0.25) is 0 Å². The van der Waals surface area contributed by atoms with Crippen molar-refractivity contribution in [2.45, 2.75) is 26.2 Å². The highest BCUT2D eigenvalue weighted by Crippen LogP contribution is 2.29. The molecule has 0 fully saturated rings. The van der Waals surface area contributed by atoms with Crippen LogP contribution in [0.2, 0.25) is 0 Å². The van der Waals surface area contributed by atoms with Gasteiger partial charge in [0.1, 0.15) is 5.56 Å². The zero-order chi connectivity index (χ0) is 16.5. The third kappa shape index (κ3) is 3.16. The molecule has 1 heterocycles. The Labute approximate surface area is 128 Å². The second-order valence-electron chi connectivity index (χ2n) is 6.12. The number of benzene rings is 1. The van der Waals surface area contributed by atoms with Gasteiger partial charge in [-0.3, -0.25) is 9.48 Å². The SMILES string of the molecule is Cn1cc(C(=O)O)c(C(=O)Nc2ccccc2C(C)(C)C)n1. The summed E-state index contributed by atoms with van der Waals surface area (Å²) >= 11 is 0. The molecule has 0 unspecified atom stereocenters. The fraction of sp³-hybridized carbons (Fsp3) is 0.312. The predicted octanol–water partition coefficient (Wildman–Crippen LogP) is 2.67. The van der Waals surface area contributed by atoms with E-state index in [9.17, 15) is 9.59 Å². The molecule has 0 saturated carbocycles. The van der Waals surface area contributed by atoms with Gasteiger partial charge in [-0.25, -0.2) is 4.79 Å².